The van der Waals surface area contributed by atoms with E-state index in [1.54, 1.807) is 5.57 Å². The first-order valence-corrected chi connectivity index (χ1v) is 11.6. The Morgan fingerprint density at radius 3 is 2.71 bits per heavy atom. The lowest BCUT2D eigenvalue weighted by Crippen LogP contribution is -2.49. The van der Waals surface area contributed by atoms with Crippen molar-refractivity contribution in [1.29, 1.82) is 0 Å². The fourth-order valence-electron chi connectivity index (χ4n) is 8.27. The van der Waals surface area contributed by atoms with Crippen LogP contribution in [-0.2, 0) is 14.3 Å². The molecule has 0 bridgehead atoms. The molecule has 0 aromatic carbocycles. The summed E-state index contributed by atoms with van der Waals surface area (Å²) in [5.41, 5.74) is 3.66. The van der Waals surface area contributed by atoms with E-state index >= 15 is 0 Å². The van der Waals surface area contributed by atoms with E-state index in [1.807, 2.05) is 6.08 Å². The van der Waals surface area contributed by atoms with Crippen LogP contribution in [0.2, 0.25) is 0 Å². The Morgan fingerprint density at radius 1 is 1.11 bits per heavy atom. The number of ether oxygens (including phenoxy) is 2. The van der Waals surface area contributed by atoms with Gasteiger partial charge in [0.05, 0.1) is 5.76 Å². The van der Waals surface area contributed by atoms with Crippen LogP contribution in [0, 0.1) is 34.5 Å². The van der Waals surface area contributed by atoms with E-state index in [2.05, 4.69) is 27.7 Å². The monoisotopic (exact) mass is 384 g/mol. The number of carbonyl (C=O) groups excluding carboxylic acids is 1. The molecule has 0 N–H and O–H groups in total. The van der Waals surface area contributed by atoms with Crippen LogP contribution in [-0.4, -0.2) is 18.7 Å². The first kappa shape index (κ1) is 18.9. The molecule has 5 rings (SSSR count). The molecule has 5 aliphatic rings. The zero-order chi connectivity index (χ0) is 19.7. The lowest BCUT2D eigenvalue weighted by Gasteiger charge is -2.57. The molecule has 3 fully saturated rings. The minimum atomic E-state index is -0.0546. The molecular formula is C25H36O3. The van der Waals surface area contributed by atoms with Crippen molar-refractivity contribution in [1.82, 2.24) is 0 Å². The van der Waals surface area contributed by atoms with E-state index in [0.29, 0.717) is 17.1 Å². The fourth-order valence-corrected chi connectivity index (χ4v) is 8.27. The second-order valence-electron chi connectivity index (χ2n) is 10.6. The predicted molar refractivity (Wildman–Crippen MR) is 109 cm³/mol. The van der Waals surface area contributed by atoms with Gasteiger partial charge < -0.3 is 9.47 Å². The van der Waals surface area contributed by atoms with Crippen molar-refractivity contribution >= 4 is 5.78 Å². The van der Waals surface area contributed by atoms with Crippen LogP contribution in [0.1, 0.15) is 79.1 Å². The summed E-state index contributed by atoms with van der Waals surface area (Å²) in [6.07, 6.45) is 11.1. The molecule has 1 heterocycles. The maximum Gasteiger partial charge on any atom is 0.199 e. The Bertz CT molecular complexity index is 749. The topological polar surface area (TPSA) is 35.5 Å². The summed E-state index contributed by atoms with van der Waals surface area (Å²) in [5, 5.41) is 0. The minimum absolute atomic E-state index is 0.0546. The molecule has 0 radical (unpaired) electrons. The lowest BCUT2D eigenvalue weighted by molar-refractivity contribution is -0.132. The highest BCUT2D eigenvalue weighted by Crippen LogP contribution is 2.69. The zero-order valence-electron chi connectivity index (χ0n) is 18.1. The van der Waals surface area contributed by atoms with E-state index in [9.17, 15) is 4.79 Å². The van der Waals surface area contributed by atoms with Crippen LogP contribution < -0.4 is 0 Å². The molecule has 0 aromatic rings. The molecule has 1 aliphatic heterocycles. The van der Waals surface area contributed by atoms with Gasteiger partial charge in [-0.05, 0) is 98.5 Å². The van der Waals surface area contributed by atoms with Crippen molar-refractivity contribution in [3.8, 4) is 0 Å². The average Bonchev–Trinajstić information content (AvgIpc) is 2.95. The van der Waals surface area contributed by atoms with Crippen LogP contribution in [0.5, 0.6) is 0 Å². The summed E-state index contributed by atoms with van der Waals surface area (Å²) in [7, 11) is 0. The first-order chi connectivity index (χ1) is 13.4. The van der Waals surface area contributed by atoms with Crippen molar-refractivity contribution in [2.24, 2.45) is 34.5 Å². The van der Waals surface area contributed by atoms with Gasteiger partial charge in [0, 0.05) is 19.4 Å². The molecular weight excluding hydrogens is 348 g/mol. The highest BCUT2D eigenvalue weighted by molar-refractivity contribution is 5.91. The first-order valence-electron chi connectivity index (χ1n) is 11.6. The van der Waals surface area contributed by atoms with Gasteiger partial charge >= 0.3 is 0 Å². The van der Waals surface area contributed by atoms with E-state index in [4.69, 9.17) is 9.47 Å². The third kappa shape index (κ3) is 2.54. The van der Waals surface area contributed by atoms with Crippen molar-refractivity contribution in [3.63, 3.8) is 0 Å². The number of hydrogen-bond donors (Lipinski definition) is 0. The van der Waals surface area contributed by atoms with E-state index in [-0.39, 0.29) is 11.7 Å². The average molecular weight is 385 g/mol. The number of hydrogen-bond acceptors (Lipinski definition) is 3. The van der Waals surface area contributed by atoms with Crippen molar-refractivity contribution in [3.05, 3.63) is 23.0 Å². The van der Waals surface area contributed by atoms with Crippen LogP contribution in [0.25, 0.3) is 0 Å². The molecule has 0 aromatic heterocycles. The third-order valence-corrected chi connectivity index (χ3v) is 9.43. The fraction of sp³-hybridized carbons (Fsp3) is 0.800. The standard InChI is InChI=1S/C25H36O3/c1-5-27-22-13-16-12-21-19-7-6-17-14-18(26)8-10-24(17,3)20(19)9-11-25(21,4)23(16)15(2)28-22/h14,16,19-22H,5-13H2,1-4H3. The molecule has 0 amide bonds. The molecule has 0 saturated heterocycles. The molecule has 28 heavy (non-hydrogen) atoms. The van der Waals surface area contributed by atoms with Crippen LogP contribution >= 0.6 is 0 Å². The van der Waals surface area contributed by atoms with Gasteiger partial charge in [-0.1, -0.05) is 19.4 Å². The highest BCUT2D eigenvalue weighted by Gasteiger charge is 2.60. The Morgan fingerprint density at radius 2 is 1.93 bits per heavy atom. The maximum absolute atomic E-state index is 12.0. The van der Waals surface area contributed by atoms with Crippen LogP contribution in [0.3, 0.4) is 0 Å². The Balaban J connectivity index is 1.47. The van der Waals surface area contributed by atoms with Gasteiger partial charge in [0.25, 0.3) is 0 Å². The molecule has 3 heteroatoms. The Labute approximate surface area is 169 Å². The summed E-state index contributed by atoms with van der Waals surface area (Å²) in [5.74, 6) is 4.47. The minimum Gasteiger partial charge on any atom is -0.470 e. The molecule has 3 saturated carbocycles. The maximum atomic E-state index is 12.0. The van der Waals surface area contributed by atoms with Crippen molar-refractivity contribution < 1.29 is 14.3 Å². The molecule has 7 unspecified atom stereocenters. The second kappa shape index (κ2) is 6.45. The predicted octanol–water partition coefficient (Wildman–Crippen LogP) is 5.80. The van der Waals surface area contributed by atoms with Gasteiger partial charge in [0.15, 0.2) is 12.1 Å². The number of allylic oxidation sites excluding steroid dienone is 3. The largest absolute Gasteiger partial charge is 0.470 e. The van der Waals surface area contributed by atoms with Gasteiger partial charge in [0.1, 0.15) is 0 Å². The molecule has 3 nitrogen and oxygen atoms in total. The van der Waals surface area contributed by atoms with Crippen LogP contribution in [0.4, 0.5) is 0 Å². The molecule has 7 atom stereocenters. The molecule has 0 spiro atoms. The van der Waals surface area contributed by atoms with Crippen molar-refractivity contribution in [2.75, 3.05) is 6.61 Å². The Hall–Kier alpha value is -1.09. The Kier molecular flexibility index (Phi) is 4.36. The van der Waals surface area contributed by atoms with E-state index in [0.717, 1.165) is 55.8 Å². The molecule has 4 aliphatic carbocycles. The summed E-state index contributed by atoms with van der Waals surface area (Å²) in [6.45, 7) is 9.97. The van der Waals surface area contributed by atoms with Gasteiger partial charge in [-0.25, -0.2) is 0 Å². The number of rotatable bonds is 2. The summed E-state index contributed by atoms with van der Waals surface area (Å²) in [4.78, 5) is 12.0. The quantitative estimate of drug-likeness (QED) is 0.603. The van der Waals surface area contributed by atoms with E-state index < -0.39 is 0 Å². The van der Waals surface area contributed by atoms with Gasteiger partial charge in [-0.3, -0.25) is 4.79 Å². The van der Waals surface area contributed by atoms with E-state index in [1.165, 1.54) is 31.3 Å². The SMILES string of the molecule is CCOC1CC2CC3C4CCC5=CC(=O)CCC5(C)C4CCC3(C)C2=C(C)O1. The lowest BCUT2D eigenvalue weighted by atomic mass is 9.47. The molecule has 154 valence electrons. The number of carbonyl (C=O) groups is 1. The third-order valence-electron chi connectivity index (χ3n) is 9.43. The van der Waals surface area contributed by atoms with Gasteiger partial charge in [0.2, 0.25) is 0 Å². The number of fused-ring (bicyclic) bond motifs is 7. The van der Waals surface area contributed by atoms with Gasteiger partial charge in [-0.15, -0.1) is 0 Å². The smallest absolute Gasteiger partial charge is 0.199 e. The zero-order valence-corrected chi connectivity index (χ0v) is 18.1. The highest BCUT2D eigenvalue weighted by atomic mass is 16.7. The van der Waals surface area contributed by atoms with Crippen molar-refractivity contribution in [2.45, 2.75) is 85.4 Å². The normalized spacial score (nSPS) is 47.5. The summed E-state index contributed by atoms with van der Waals surface area (Å²) in [6, 6.07) is 0. The number of ketones is 1. The van der Waals surface area contributed by atoms with Crippen LogP contribution in [0.15, 0.2) is 23.0 Å². The van der Waals surface area contributed by atoms with Gasteiger partial charge in [-0.2, -0.15) is 0 Å². The summed E-state index contributed by atoms with van der Waals surface area (Å²) < 4.78 is 12.1. The summed E-state index contributed by atoms with van der Waals surface area (Å²) >= 11 is 0. The second-order valence-corrected chi connectivity index (χ2v) is 10.6.